The summed E-state index contributed by atoms with van der Waals surface area (Å²) >= 11 is 11.4. The minimum absolute atomic E-state index is 0.113. The molecule has 2 rings (SSSR count). The van der Waals surface area contributed by atoms with Crippen LogP contribution in [0.1, 0.15) is 15.9 Å². The normalized spacial score (nSPS) is 10.4. The van der Waals surface area contributed by atoms with Gasteiger partial charge in [0, 0.05) is 5.69 Å². The Morgan fingerprint density at radius 1 is 1.20 bits per heavy atom. The second kappa shape index (κ2) is 5.69. The van der Waals surface area contributed by atoms with Crippen LogP contribution in [0, 0.1) is 12.7 Å². The number of halogens is 3. The molecule has 0 aromatic heterocycles. The number of benzene rings is 2. The third-order valence-electron chi connectivity index (χ3n) is 2.67. The van der Waals surface area contributed by atoms with Gasteiger partial charge in [0.25, 0.3) is 0 Å². The SMILES string of the molecule is Cc1ccc(Nc2cc(Cl)c(F)c(Cl)c2)c(C(=O)O)c1. The molecule has 0 saturated carbocycles. The molecule has 0 atom stereocenters. The van der Waals surface area contributed by atoms with Gasteiger partial charge in [-0.05, 0) is 31.2 Å². The lowest BCUT2D eigenvalue weighted by Crippen LogP contribution is -2.03. The quantitative estimate of drug-likeness (QED) is 0.794. The van der Waals surface area contributed by atoms with Gasteiger partial charge in [-0.15, -0.1) is 0 Å². The summed E-state index contributed by atoms with van der Waals surface area (Å²) in [5.74, 6) is -1.77. The van der Waals surface area contributed by atoms with E-state index in [1.165, 1.54) is 18.2 Å². The summed E-state index contributed by atoms with van der Waals surface area (Å²) in [6, 6.07) is 7.62. The number of anilines is 2. The monoisotopic (exact) mass is 313 g/mol. The predicted molar refractivity (Wildman–Crippen MR) is 77.8 cm³/mol. The molecule has 0 aliphatic rings. The van der Waals surface area contributed by atoms with Crippen molar-refractivity contribution in [2.24, 2.45) is 0 Å². The molecule has 3 nitrogen and oxygen atoms in total. The van der Waals surface area contributed by atoms with Crippen LogP contribution in [0.25, 0.3) is 0 Å². The first-order chi connectivity index (χ1) is 9.38. The van der Waals surface area contributed by atoms with E-state index in [0.29, 0.717) is 11.4 Å². The first-order valence-corrected chi connectivity index (χ1v) is 6.39. The van der Waals surface area contributed by atoms with Gasteiger partial charge >= 0.3 is 5.97 Å². The Balaban J connectivity index is 2.42. The Kier molecular flexibility index (Phi) is 4.16. The van der Waals surface area contributed by atoms with Crippen molar-refractivity contribution in [3.8, 4) is 0 Å². The summed E-state index contributed by atoms with van der Waals surface area (Å²) in [5, 5.41) is 11.8. The Labute approximate surface area is 124 Å². The van der Waals surface area contributed by atoms with E-state index in [1.54, 1.807) is 19.1 Å². The van der Waals surface area contributed by atoms with Gasteiger partial charge in [-0.3, -0.25) is 0 Å². The molecule has 0 fully saturated rings. The maximum atomic E-state index is 13.3. The summed E-state index contributed by atoms with van der Waals surface area (Å²) in [5.41, 5.74) is 1.72. The molecular formula is C14H10Cl2FNO2. The van der Waals surface area contributed by atoms with Gasteiger partial charge in [0.15, 0.2) is 5.82 Å². The van der Waals surface area contributed by atoms with Gasteiger partial charge < -0.3 is 10.4 Å². The van der Waals surface area contributed by atoms with E-state index < -0.39 is 11.8 Å². The van der Waals surface area contributed by atoms with Gasteiger partial charge in [-0.25, -0.2) is 9.18 Å². The highest BCUT2D eigenvalue weighted by atomic mass is 35.5. The van der Waals surface area contributed by atoms with Crippen molar-refractivity contribution in [3.05, 3.63) is 57.3 Å². The number of carbonyl (C=O) groups is 1. The number of rotatable bonds is 3. The van der Waals surface area contributed by atoms with Gasteiger partial charge in [-0.1, -0.05) is 34.8 Å². The molecule has 0 saturated heterocycles. The van der Waals surface area contributed by atoms with E-state index in [9.17, 15) is 9.18 Å². The average molecular weight is 314 g/mol. The molecule has 0 bridgehead atoms. The highest BCUT2D eigenvalue weighted by molar-refractivity contribution is 6.35. The standard InChI is InChI=1S/C14H10Cl2FNO2/c1-7-2-3-12(9(4-7)14(19)20)18-8-5-10(15)13(17)11(16)6-8/h2-6,18H,1H3,(H,19,20). The van der Waals surface area contributed by atoms with Crippen molar-refractivity contribution >= 4 is 40.5 Å². The van der Waals surface area contributed by atoms with Crippen molar-refractivity contribution in [2.75, 3.05) is 5.32 Å². The molecule has 6 heteroatoms. The second-order valence-electron chi connectivity index (χ2n) is 4.23. The molecular weight excluding hydrogens is 304 g/mol. The fourth-order valence-electron chi connectivity index (χ4n) is 1.73. The van der Waals surface area contributed by atoms with Gasteiger partial charge in [-0.2, -0.15) is 0 Å². The maximum absolute atomic E-state index is 13.3. The third-order valence-corrected chi connectivity index (χ3v) is 3.22. The van der Waals surface area contributed by atoms with Crippen LogP contribution in [0.5, 0.6) is 0 Å². The summed E-state index contributed by atoms with van der Waals surface area (Å²) in [7, 11) is 0. The molecule has 20 heavy (non-hydrogen) atoms. The predicted octanol–water partition coefficient (Wildman–Crippen LogP) is 4.88. The van der Waals surface area contributed by atoms with Crippen LogP contribution in [0.4, 0.5) is 15.8 Å². The first-order valence-electron chi connectivity index (χ1n) is 5.64. The van der Waals surface area contributed by atoms with Crippen LogP contribution >= 0.6 is 23.2 Å². The molecule has 2 N–H and O–H groups in total. The summed E-state index contributed by atoms with van der Waals surface area (Å²) in [6.45, 7) is 1.79. The molecule has 0 aliphatic carbocycles. The van der Waals surface area contributed by atoms with E-state index in [-0.39, 0.29) is 15.6 Å². The van der Waals surface area contributed by atoms with Crippen LogP contribution < -0.4 is 5.32 Å². The Hall–Kier alpha value is -1.78. The highest BCUT2D eigenvalue weighted by Gasteiger charge is 2.12. The first kappa shape index (κ1) is 14.6. The largest absolute Gasteiger partial charge is 0.478 e. The lowest BCUT2D eigenvalue weighted by molar-refractivity contribution is 0.0698. The number of hydrogen-bond donors (Lipinski definition) is 2. The van der Waals surface area contributed by atoms with E-state index >= 15 is 0 Å². The van der Waals surface area contributed by atoms with E-state index in [4.69, 9.17) is 28.3 Å². The van der Waals surface area contributed by atoms with Crippen LogP contribution in [0.2, 0.25) is 10.0 Å². The Morgan fingerprint density at radius 3 is 2.35 bits per heavy atom. The van der Waals surface area contributed by atoms with Crippen molar-refractivity contribution in [3.63, 3.8) is 0 Å². The minimum Gasteiger partial charge on any atom is -0.478 e. The average Bonchev–Trinajstić information content (AvgIpc) is 2.37. The summed E-state index contributed by atoms with van der Waals surface area (Å²) in [6.07, 6.45) is 0. The zero-order valence-electron chi connectivity index (χ0n) is 10.4. The third kappa shape index (κ3) is 3.03. The number of hydrogen-bond acceptors (Lipinski definition) is 2. The van der Waals surface area contributed by atoms with E-state index in [1.807, 2.05) is 0 Å². The van der Waals surface area contributed by atoms with Gasteiger partial charge in [0.05, 0.1) is 21.3 Å². The number of carboxylic acid groups (broad SMARTS) is 1. The van der Waals surface area contributed by atoms with E-state index in [0.717, 1.165) is 5.56 Å². The zero-order chi connectivity index (χ0) is 14.9. The number of nitrogens with one attached hydrogen (secondary N) is 1. The molecule has 2 aromatic carbocycles. The fraction of sp³-hybridized carbons (Fsp3) is 0.0714. The Bertz CT molecular complexity index is 666. The summed E-state index contributed by atoms with van der Waals surface area (Å²) in [4.78, 5) is 11.2. The lowest BCUT2D eigenvalue weighted by Gasteiger charge is -2.11. The molecule has 0 aliphatic heterocycles. The molecule has 2 aromatic rings. The van der Waals surface area contributed by atoms with Gasteiger partial charge in [0.2, 0.25) is 0 Å². The summed E-state index contributed by atoms with van der Waals surface area (Å²) < 4.78 is 13.3. The molecule has 0 heterocycles. The topological polar surface area (TPSA) is 49.3 Å². The van der Waals surface area contributed by atoms with Crippen LogP contribution in [0.3, 0.4) is 0 Å². The van der Waals surface area contributed by atoms with Crippen LogP contribution in [-0.2, 0) is 0 Å². The zero-order valence-corrected chi connectivity index (χ0v) is 11.9. The molecule has 0 radical (unpaired) electrons. The number of aryl methyl sites for hydroxylation is 1. The number of carboxylic acids is 1. The molecule has 0 unspecified atom stereocenters. The smallest absolute Gasteiger partial charge is 0.337 e. The second-order valence-corrected chi connectivity index (χ2v) is 5.05. The lowest BCUT2D eigenvalue weighted by atomic mass is 10.1. The fourth-order valence-corrected chi connectivity index (χ4v) is 2.21. The Morgan fingerprint density at radius 2 is 1.80 bits per heavy atom. The highest BCUT2D eigenvalue weighted by Crippen LogP contribution is 2.30. The van der Waals surface area contributed by atoms with Crippen LogP contribution in [0.15, 0.2) is 30.3 Å². The molecule has 104 valence electrons. The van der Waals surface area contributed by atoms with Crippen molar-refractivity contribution < 1.29 is 14.3 Å². The molecule has 0 spiro atoms. The van der Waals surface area contributed by atoms with Crippen molar-refractivity contribution in [1.29, 1.82) is 0 Å². The van der Waals surface area contributed by atoms with E-state index in [2.05, 4.69) is 5.32 Å². The van der Waals surface area contributed by atoms with Crippen molar-refractivity contribution in [2.45, 2.75) is 6.92 Å². The van der Waals surface area contributed by atoms with Crippen molar-refractivity contribution in [1.82, 2.24) is 0 Å². The molecule has 0 amide bonds. The van der Waals surface area contributed by atoms with Crippen LogP contribution in [-0.4, -0.2) is 11.1 Å². The maximum Gasteiger partial charge on any atom is 0.337 e. The minimum atomic E-state index is -1.06. The van der Waals surface area contributed by atoms with Gasteiger partial charge in [0.1, 0.15) is 0 Å². The number of aromatic carboxylic acids is 1.